The van der Waals surface area contributed by atoms with E-state index in [2.05, 4.69) is 19.9 Å². The van der Waals surface area contributed by atoms with E-state index in [-0.39, 0.29) is 16.4 Å². The number of halogens is 2. The highest BCUT2D eigenvalue weighted by atomic mass is 35.5. The van der Waals surface area contributed by atoms with Crippen molar-refractivity contribution in [1.29, 1.82) is 0 Å². The van der Waals surface area contributed by atoms with E-state index in [4.69, 9.17) is 11.6 Å². The van der Waals surface area contributed by atoms with Gasteiger partial charge in [0.15, 0.2) is 5.60 Å². The number of rotatable bonds is 6. The first-order valence-corrected chi connectivity index (χ1v) is 12.6. The Kier molecular flexibility index (Phi) is 7.49. The minimum Gasteiger partial charge on any atom is -0.374 e. The summed E-state index contributed by atoms with van der Waals surface area (Å²) in [5, 5.41) is 10.4. The fourth-order valence-electron chi connectivity index (χ4n) is 4.28. The second kappa shape index (κ2) is 10.4. The van der Waals surface area contributed by atoms with Gasteiger partial charge in [-0.1, -0.05) is 73.9 Å². The number of fused-ring (bicyclic) bond motifs is 1. The lowest BCUT2D eigenvalue weighted by Crippen LogP contribution is -2.49. The van der Waals surface area contributed by atoms with Gasteiger partial charge in [0, 0.05) is 28.7 Å². The summed E-state index contributed by atoms with van der Waals surface area (Å²) in [5.41, 5.74) is 2.57. The van der Waals surface area contributed by atoms with E-state index < -0.39 is 17.2 Å². The van der Waals surface area contributed by atoms with Crippen LogP contribution in [0.15, 0.2) is 106 Å². The summed E-state index contributed by atoms with van der Waals surface area (Å²) in [6, 6.07) is 13.9. The van der Waals surface area contributed by atoms with Crippen molar-refractivity contribution < 1.29 is 19.1 Å². The Bertz CT molecular complexity index is 1390. The molecule has 0 saturated heterocycles. The predicted octanol–water partition coefficient (Wildman–Crippen LogP) is 7.02. The molecule has 1 aliphatic heterocycles. The molecule has 0 unspecified atom stereocenters. The van der Waals surface area contributed by atoms with E-state index in [0.717, 1.165) is 28.8 Å². The molecular weight excluding hydrogens is 489 g/mol. The maximum atomic E-state index is 13.3. The van der Waals surface area contributed by atoms with Crippen molar-refractivity contribution in [3.8, 4) is 11.1 Å². The highest BCUT2D eigenvalue weighted by molar-refractivity contribution is 6.49. The summed E-state index contributed by atoms with van der Waals surface area (Å²) in [6.07, 6.45) is 10.4. The number of allylic oxidation sites excluding steroid dienone is 6. The van der Waals surface area contributed by atoms with E-state index in [0.29, 0.717) is 17.2 Å². The molecule has 0 spiro atoms. The molecule has 6 heteroatoms. The molecule has 37 heavy (non-hydrogen) atoms. The van der Waals surface area contributed by atoms with Crippen LogP contribution in [0.5, 0.6) is 0 Å². The van der Waals surface area contributed by atoms with Gasteiger partial charge in [-0.05, 0) is 67.3 Å². The summed E-state index contributed by atoms with van der Waals surface area (Å²) in [6.45, 7) is 7.47. The number of carbonyl (C=O) groups excluding carboxylic acids is 2. The van der Waals surface area contributed by atoms with Gasteiger partial charge in [0.25, 0.3) is 0 Å². The molecule has 0 bridgehead atoms. The van der Waals surface area contributed by atoms with Crippen LogP contribution in [0, 0.1) is 11.7 Å². The third kappa shape index (κ3) is 5.29. The zero-order valence-electron chi connectivity index (χ0n) is 21.3. The standard InChI is InChI=1S/C31H29ClFNO3/c1-5-19(2)16-20(3)6-13-25-17-26-27(29(35)31(4,37)30(36)28(26)32)18-34(25)24-14-9-22(10-15-24)21-7-11-23(33)12-8-21/h6-19,37H,5H2,1-4H3/b13-6+,20-16+/t19-,31+/m0/s1. The van der Waals surface area contributed by atoms with Gasteiger partial charge >= 0.3 is 0 Å². The molecule has 2 aromatic rings. The minimum absolute atomic E-state index is 0.167. The third-order valence-electron chi connectivity index (χ3n) is 6.71. The first kappa shape index (κ1) is 26.5. The molecule has 1 N–H and O–H groups in total. The maximum Gasteiger partial charge on any atom is 0.214 e. The average molecular weight is 518 g/mol. The zero-order chi connectivity index (χ0) is 26.9. The number of aliphatic hydroxyl groups is 1. The highest BCUT2D eigenvalue weighted by Gasteiger charge is 2.48. The monoisotopic (exact) mass is 517 g/mol. The summed E-state index contributed by atoms with van der Waals surface area (Å²) in [4.78, 5) is 27.5. The molecule has 0 aromatic heterocycles. The lowest BCUT2D eigenvalue weighted by Gasteiger charge is -2.34. The van der Waals surface area contributed by atoms with Crippen LogP contribution in [0.1, 0.15) is 34.1 Å². The number of nitrogens with zero attached hydrogens (tertiary/aromatic N) is 1. The summed E-state index contributed by atoms with van der Waals surface area (Å²) < 4.78 is 13.3. The number of benzene rings is 2. The average Bonchev–Trinajstić information content (AvgIpc) is 2.90. The van der Waals surface area contributed by atoms with Crippen LogP contribution in [0.4, 0.5) is 10.1 Å². The number of hydrogen-bond acceptors (Lipinski definition) is 4. The van der Waals surface area contributed by atoms with Crippen LogP contribution in [0.25, 0.3) is 11.1 Å². The molecule has 0 radical (unpaired) electrons. The van der Waals surface area contributed by atoms with Gasteiger partial charge in [-0.25, -0.2) is 4.39 Å². The van der Waals surface area contributed by atoms with E-state index in [1.165, 1.54) is 19.1 Å². The van der Waals surface area contributed by atoms with Crippen molar-refractivity contribution in [2.45, 2.75) is 39.7 Å². The SMILES string of the molecule is CC[C@H](C)/C=C(C)/C=C/C1=CC2=C(Cl)C(=O)[C@](C)(O)C(=O)C2=CN1c1ccc(-c2ccc(F)cc2)cc1. The van der Waals surface area contributed by atoms with Crippen LogP contribution in [-0.4, -0.2) is 22.3 Å². The van der Waals surface area contributed by atoms with Crippen LogP contribution in [-0.2, 0) is 9.59 Å². The van der Waals surface area contributed by atoms with Crippen molar-refractivity contribution in [2.24, 2.45) is 5.92 Å². The number of anilines is 1. The largest absolute Gasteiger partial charge is 0.374 e. The zero-order valence-corrected chi connectivity index (χ0v) is 22.0. The summed E-state index contributed by atoms with van der Waals surface area (Å²) in [5.74, 6) is -1.37. The second-order valence-electron chi connectivity index (χ2n) is 9.62. The topological polar surface area (TPSA) is 57.6 Å². The Labute approximate surface area is 221 Å². The van der Waals surface area contributed by atoms with Crippen molar-refractivity contribution in [3.05, 3.63) is 112 Å². The summed E-state index contributed by atoms with van der Waals surface area (Å²) in [7, 11) is 0. The molecule has 2 atom stereocenters. The Morgan fingerprint density at radius 1 is 1.08 bits per heavy atom. The second-order valence-corrected chi connectivity index (χ2v) is 10.0. The van der Waals surface area contributed by atoms with Crippen molar-refractivity contribution >= 4 is 28.9 Å². The first-order valence-electron chi connectivity index (χ1n) is 12.2. The first-order chi connectivity index (χ1) is 17.5. The van der Waals surface area contributed by atoms with Crippen LogP contribution in [0.2, 0.25) is 0 Å². The number of hydrogen-bond donors (Lipinski definition) is 1. The van der Waals surface area contributed by atoms with E-state index in [1.807, 2.05) is 48.2 Å². The van der Waals surface area contributed by atoms with Gasteiger partial charge in [0.2, 0.25) is 11.6 Å². The smallest absolute Gasteiger partial charge is 0.214 e. The van der Waals surface area contributed by atoms with Gasteiger partial charge < -0.3 is 10.0 Å². The Morgan fingerprint density at radius 3 is 2.27 bits per heavy atom. The van der Waals surface area contributed by atoms with Crippen molar-refractivity contribution in [2.75, 3.05) is 4.90 Å². The van der Waals surface area contributed by atoms with Gasteiger partial charge in [-0.15, -0.1) is 0 Å². The van der Waals surface area contributed by atoms with Crippen LogP contribution < -0.4 is 4.90 Å². The molecule has 190 valence electrons. The Balaban J connectivity index is 1.79. The quantitative estimate of drug-likeness (QED) is 0.330. The lowest BCUT2D eigenvalue weighted by atomic mass is 9.79. The number of Topliss-reactive ketones (excluding diaryl/α,β-unsaturated/α-hetero) is 2. The van der Waals surface area contributed by atoms with Crippen LogP contribution in [0.3, 0.4) is 0 Å². The molecular formula is C31H29ClFNO3. The van der Waals surface area contributed by atoms with Gasteiger partial charge in [0.05, 0.1) is 5.03 Å². The molecule has 2 aliphatic rings. The lowest BCUT2D eigenvalue weighted by molar-refractivity contribution is -0.144. The van der Waals surface area contributed by atoms with E-state index >= 15 is 0 Å². The molecule has 1 heterocycles. The molecule has 0 fully saturated rings. The third-order valence-corrected chi connectivity index (χ3v) is 7.09. The molecule has 2 aromatic carbocycles. The Morgan fingerprint density at radius 2 is 1.68 bits per heavy atom. The van der Waals surface area contributed by atoms with Crippen molar-refractivity contribution in [3.63, 3.8) is 0 Å². The fraction of sp³-hybridized carbons (Fsp3) is 0.226. The number of carbonyl (C=O) groups is 2. The van der Waals surface area contributed by atoms with E-state index in [9.17, 15) is 19.1 Å². The van der Waals surface area contributed by atoms with Gasteiger partial charge in [-0.3, -0.25) is 9.59 Å². The minimum atomic E-state index is -2.22. The predicted molar refractivity (Wildman–Crippen MR) is 146 cm³/mol. The maximum absolute atomic E-state index is 13.3. The molecule has 0 saturated carbocycles. The van der Waals surface area contributed by atoms with E-state index in [1.54, 1.807) is 24.4 Å². The normalized spacial score (nSPS) is 21.3. The highest BCUT2D eigenvalue weighted by Crippen LogP contribution is 2.39. The molecule has 0 amide bonds. The summed E-state index contributed by atoms with van der Waals surface area (Å²) >= 11 is 6.35. The fourth-order valence-corrected chi connectivity index (χ4v) is 4.62. The molecule has 1 aliphatic carbocycles. The Hall–Kier alpha value is -3.54. The molecule has 4 nitrogen and oxygen atoms in total. The van der Waals surface area contributed by atoms with Crippen LogP contribution >= 0.6 is 11.6 Å². The molecule has 4 rings (SSSR count). The van der Waals surface area contributed by atoms with Gasteiger partial charge in [-0.2, -0.15) is 0 Å². The van der Waals surface area contributed by atoms with Gasteiger partial charge in [0.1, 0.15) is 5.82 Å². The number of ketones is 2. The van der Waals surface area contributed by atoms with Crippen molar-refractivity contribution in [1.82, 2.24) is 0 Å².